The van der Waals surface area contributed by atoms with Gasteiger partial charge in [-0.15, -0.1) is 0 Å². The second-order valence-corrected chi connectivity index (χ2v) is 3.98. The molecule has 0 radical (unpaired) electrons. The standard InChI is InChI=1S/C13H10F3NO3/c1-2-20-12(19)7-6-17-9-5-3-4-8(13(14,15)16)10(9)11(7)18/h3-6H,2H2,1H3,(H,17,18). The third kappa shape index (κ3) is 2.38. The zero-order valence-electron chi connectivity index (χ0n) is 10.4. The van der Waals surface area contributed by atoms with Crippen molar-refractivity contribution in [2.75, 3.05) is 6.61 Å². The lowest BCUT2D eigenvalue weighted by Gasteiger charge is -2.10. The molecule has 0 unspecified atom stereocenters. The van der Waals surface area contributed by atoms with Crippen LogP contribution in [0.2, 0.25) is 0 Å². The topological polar surface area (TPSA) is 59.2 Å². The fourth-order valence-corrected chi connectivity index (χ4v) is 1.86. The molecule has 0 saturated heterocycles. The highest BCUT2D eigenvalue weighted by Crippen LogP contribution is 2.32. The molecule has 2 aromatic rings. The van der Waals surface area contributed by atoms with Crippen molar-refractivity contribution < 1.29 is 22.7 Å². The van der Waals surface area contributed by atoms with E-state index in [0.29, 0.717) is 0 Å². The number of aromatic amines is 1. The third-order valence-electron chi connectivity index (χ3n) is 2.71. The van der Waals surface area contributed by atoms with Crippen LogP contribution in [0.25, 0.3) is 10.9 Å². The van der Waals surface area contributed by atoms with Gasteiger partial charge < -0.3 is 9.72 Å². The number of H-pyrrole nitrogens is 1. The van der Waals surface area contributed by atoms with E-state index in [4.69, 9.17) is 0 Å². The number of nitrogens with one attached hydrogen (secondary N) is 1. The summed E-state index contributed by atoms with van der Waals surface area (Å²) in [5.41, 5.74) is -2.51. The van der Waals surface area contributed by atoms with E-state index in [1.807, 2.05) is 0 Å². The second kappa shape index (κ2) is 4.99. The minimum absolute atomic E-state index is 0.0119. The molecule has 20 heavy (non-hydrogen) atoms. The Morgan fingerprint density at radius 1 is 1.35 bits per heavy atom. The highest BCUT2D eigenvalue weighted by molar-refractivity contribution is 5.94. The number of benzene rings is 1. The lowest BCUT2D eigenvalue weighted by Crippen LogP contribution is -2.21. The number of alkyl halides is 3. The van der Waals surface area contributed by atoms with Gasteiger partial charge in [0.1, 0.15) is 5.56 Å². The SMILES string of the molecule is CCOC(=O)c1c[nH]c2cccc(C(F)(F)F)c2c1=O. The number of hydrogen-bond acceptors (Lipinski definition) is 3. The molecule has 106 valence electrons. The van der Waals surface area contributed by atoms with Gasteiger partial charge in [0, 0.05) is 11.7 Å². The molecule has 7 heteroatoms. The first kappa shape index (κ1) is 14.1. The maximum atomic E-state index is 12.9. The van der Waals surface area contributed by atoms with Crippen molar-refractivity contribution in [3.63, 3.8) is 0 Å². The fourth-order valence-electron chi connectivity index (χ4n) is 1.86. The van der Waals surface area contributed by atoms with Gasteiger partial charge in [-0.1, -0.05) is 6.07 Å². The van der Waals surface area contributed by atoms with Gasteiger partial charge in [0.15, 0.2) is 0 Å². The molecular weight excluding hydrogens is 275 g/mol. The van der Waals surface area contributed by atoms with Crippen LogP contribution >= 0.6 is 0 Å². The molecular formula is C13H10F3NO3. The van der Waals surface area contributed by atoms with Crippen molar-refractivity contribution in [1.29, 1.82) is 0 Å². The smallest absolute Gasteiger partial charge is 0.417 e. The predicted octanol–water partition coefficient (Wildman–Crippen LogP) is 2.72. The van der Waals surface area contributed by atoms with Gasteiger partial charge in [0.25, 0.3) is 0 Å². The Morgan fingerprint density at radius 3 is 2.65 bits per heavy atom. The summed E-state index contributed by atoms with van der Waals surface area (Å²) >= 11 is 0. The summed E-state index contributed by atoms with van der Waals surface area (Å²) in [4.78, 5) is 26.1. The highest BCUT2D eigenvalue weighted by atomic mass is 19.4. The van der Waals surface area contributed by atoms with E-state index in [1.54, 1.807) is 0 Å². The molecule has 0 amide bonds. The van der Waals surface area contributed by atoms with Crippen LogP contribution < -0.4 is 5.43 Å². The van der Waals surface area contributed by atoms with Crippen molar-refractivity contribution in [2.45, 2.75) is 13.1 Å². The first-order valence-corrected chi connectivity index (χ1v) is 5.75. The molecule has 1 aromatic carbocycles. The maximum absolute atomic E-state index is 12.9. The molecule has 0 saturated carbocycles. The number of pyridine rings is 1. The molecule has 0 aliphatic rings. The van der Waals surface area contributed by atoms with Gasteiger partial charge >= 0.3 is 12.1 Å². The highest BCUT2D eigenvalue weighted by Gasteiger charge is 2.34. The molecule has 1 heterocycles. The molecule has 0 spiro atoms. The minimum Gasteiger partial charge on any atom is -0.462 e. The van der Waals surface area contributed by atoms with Crippen molar-refractivity contribution in [2.24, 2.45) is 0 Å². The van der Waals surface area contributed by atoms with E-state index in [0.717, 1.165) is 12.3 Å². The second-order valence-electron chi connectivity index (χ2n) is 3.98. The summed E-state index contributed by atoms with van der Waals surface area (Å²) in [5, 5.41) is -0.564. The van der Waals surface area contributed by atoms with Crippen LogP contribution in [-0.4, -0.2) is 17.6 Å². The van der Waals surface area contributed by atoms with Crippen LogP contribution in [0.15, 0.2) is 29.2 Å². The minimum atomic E-state index is -4.68. The van der Waals surface area contributed by atoms with E-state index < -0.39 is 34.1 Å². The molecule has 0 aliphatic carbocycles. The van der Waals surface area contributed by atoms with Crippen molar-refractivity contribution >= 4 is 16.9 Å². The van der Waals surface area contributed by atoms with Crippen molar-refractivity contribution in [3.05, 3.63) is 45.7 Å². The quantitative estimate of drug-likeness (QED) is 0.863. The zero-order valence-corrected chi connectivity index (χ0v) is 10.4. The van der Waals surface area contributed by atoms with Gasteiger partial charge in [0.2, 0.25) is 5.43 Å². The summed E-state index contributed by atoms with van der Waals surface area (Å²) in [7, 11) is 0. The maximum Gasteiger partial charge on any atom is 0.417 e. The average molecular weight is 285 g/mol. The number of hydrogen-bond donors (Lipinski definition) is 1. The number of ether oxygens (including phenoxy) is 1. The molecule has 1 aromatic heterocycles. The van der Waals surface area contributed by atoms with Gasteiger partial charge in [-0.05, 0) is 19.1 Å². The summed E-state index contributed by atoms with van der Waals surface area (Å²) < 4.78 is 43.4. The number of halogens is 3. The average Bonchev–Trinajstić information content (AvgIpc) is 2.37. The predicted molar refractivity (Wildman–Crippen MR) is 65.5 cm³/mol. The van der Waals surface area contributed by atoms with E-state index >= 15 is 0 Å². The van der Waals surface area contributed by atoms with Crippen LogP contribution in [0.5, 0.6) is 0 Å². The molecule has 0 bridgehead atoms. The van der Waals surface area contributed by atoms with Gasteiger partial charge in [0.05, 0.1) is 17.6 Å². The Bertz CT molecular complexity index is 719. The van der Waals surface area contributed by atoms with Gasteiger partial charge in [-0.25, -0.2) is 4.79 Å². The van der Waals surface area contributed by atoms with Crippen molar-refractivity contribution in [3.8, 4) is 0 Å². The van der Waals surface area contributed by atoms with Crippen LogP contribution in [0.1, 0.15) is 22.8 Å². The Morgan fingerprint density at radius 2 is 2.05 bits per heavy atom. The van der Waals surface area contributed by atoms with Crippen LogP contribution in [0.3, 0.4) is 0 Å². The van der Waals surface area contributed by atoms with E-state index in [2.05, 4.69) is 9.72 Å². The van der Waals surface area contributed by atoms with Crippen LogP contribution in [0.4, 0.5) is 13.2 Å². The molecule has 2 rings (SSSR count). The summed E-state index contributed by atoms with van der Waals surface area (Å²) in [6.07, 6.45) is -3.62. The summed E-state index contributed by atoms with van der Waals surface area (Å²) in [5.74, 6) is -0.951. The summed E-state index contributed by atoms with van der Waals surface area (Å²) in [6.45, 7) is 1.56. The largest absolute Gasteiger partial charge is 0.462 e. The third-order valence-corrected chi connectivity index (χ3v) is 2.71. The molecule has 0 atom stereocenters. The molecule has 0 aliphatic heterocycles. The first-order chi connectivity index (χ1) is 9.36. The van der Waals surface area contributed by atoms with E-state index in [-0.39, 0.29) is 12.1 Å². The Hall–Kier alpha value is -2.31. The lowest BCUT2D eigenvalue weighted by molar-refractivity contribution is -0.136. The number of fused-ring (bicyclic) bond motifs is 1. The Balaban J connectivity index is 2.78. The number of carbonyl (C=O) groups is 1. The first-order valence-electron chi connectivity index (χ1n) is 5.75. The number of aromatic nitrogens is 1. The Kier molecular flexibility index (Phi) is 3.52. The van der Waals surface area contributed by atoms with Crippen molar-refractivity contribution in [1.82, 2.24) is 4.98 Å². The molecule has 1 N–H and O–H groups in total. The summed E-state index contributed by atoms with van der Waals surface area (Å²) in [6, 6.07) is 3.32. The molecule has 0 fully saturated rings. The van der Waals surface area contributed by atoms with Crippen LogP contribution in [0, 0.1) is 0 Å². The van der Waals surface area contributed by atoms with Crippen LogP contribution in [-0.2, 0) is 10.9 Å². The number of rotatable bonds is 2. The zero-order chi connectivity index (χ0) is 14.9. The Labute approximate surface area is 111 Å². The van der Waals surface area contributed by atoms with Gasteiger partial charge in [-0.3, -0.25) is 4.79 Å². The van der Waals surface area contributed by atoms with E-state index in [1.165, 1.54) is 19.1 Å². The monoisotopic (exact) mass is 285 g/mol. The van der Waals surface area contributed by atoms with E-state index in [9.17, 15) is 22.8 Å². The molecule has 4 nitrogen and oxygen atoms in total. The normalized spacial score (nSPS) is 11.6. The van der Waals surface area contributed by atoms with Gasteiger partial charge in [-0.2, -0.15) is 13.2 Å². The number of carbonyl (C=O) groups excluding carboxylic acids is 1. The number of esters is 1. The fraction of sp³-hybridized carbons (Fsp3) is 0.231. The lowest BCUT2D eigenvalue weighted by atomic mass is 10.1.